The van der Waals surface area contributed by atoms with Crippen LogP contribution in [0.1, 0.15) is 24.4 Å². The highest BCUT2D eigenvalue weighted by Crippen LogP contribution is 2.36. The minimum absolute atomic E-state index is 0.298. The molecule has 3 aliphatic heterocycles. The molecule has 1 aromatic rings. The van der Waals surface area contributed by atoms with E-state index in [1.165, 1.54) is 5.56 Å². The molecule has 4 N–H and O–H groups in total. The second-order valence-electron chi connectivity index (χ2n) is 5.75. The molecule has 108 valence electrons. The highest BCUT2D eigenvalue weighted by molar-refractivity contribution is 5.45. The van der Waals surface area contributed by atoms with Gasteiger partial charge < -0.3 is 15.2 Å². The van der Waals surface area contributed by atoms with Crippen molar-refractivity contribution in [2.45, 2.75) is 31.1 Å². The Hall–Kier alpha value is -1.34. The third-order valence-electron chi connectivity index (χ3n) is 4.38. The smallest absolute Gasteiger partial charge is 0.231 e. The Morgan fingerprint density at radius 1 is 1.20 bits per heavy atom. The van der Waals surface area contributed by atoms with Crippen LogP contribution < -0.4 is 26.1 Å². The van der Waals surface area contributed by atoms with Gasteiger partial charge in [-0.05, 0) is 30.5 Å². The van der Waals surface area contributed by atoms with Crippen molar-refractivity contribution in [2.75, 3.05) is 19.9 Å². The molecular weight excluding hydrogens is 256 g/mol. The highest BCUT2D eigenvalue weighted by Gasteiger charge is 2.33. The standard InChI is InChI=1S/C14H20N4O2/c15-10-3-4-18(7-10)14-6-11(16-17-14)9-1-2-12-13(5-9)20-8-19-12/h1-2,5,10-11,14,16-17H,3-4,6-8,15H2. The summed E-state index contributed by atoms with van der Waals surface area (Å²) in [4.78, 5) is 2.42. The molecule has 1 aromatic carbocycles. The monoisotopic (exact) mass is 276 g/mol. The Balaban J connectivity index is 1.45. The average Bonchev–Trinajstić information content (AvgIpc) is 3.17. The van der Waals surface area contributed by atoms with E-state index in [1.54, 1.807) is 0 Å². The van der Waals surface area contributed by atoms with Crippen LogP contribution in [-0.4, -0.2) is 37.0 Å². The van der Waals surface area contributed by atoms with E-state index in [9.17, 15) is 0 Å². The summed E-state index contributed by atoms with van der Waals surface area (Å²) in [6, 6.07) is 6.77. The molecule has 3 heterocycles. The van der Waals surface area contributed by atoms with Crippen molar-refractivity contribution in [3.05, 3.63) is 23.8 Å². The lowest BCUT2D eigenvalue weighted by Gasteiger charge is -2.22. The second kappa shape index (κ2) is 4.89. The summed E-state index contributed by atoms with van der Waals surface area (Å²) >= 11 is 0. The molecule has 0 aliphatic carbocycles. The molecule has 2 saturated heterocycles. The number of rotatable bonds is 2. The second-order valence-corrected chi connectivity index (χ2v) is 5.75. The number of nitrogens with one attached hydrogen (secondary N) is 2. The number of nitrogens with zero attached hydrogens (tertiary/aromatic N) is 1. The number of ether oxygens (including phenoxy) is 2. The number of benzene rings is 1. The van der Waals surface area contributed by atoms with Crippen LogP contribution in [0.2, 0.25) is 0 Å². The van der Waals surface area contributed by atoms with Gasteiger partial charge in [0.15, 0.2) is 11.5 Å². The molecule has 3 unspecified atom stereocenters. The van der Waals surface area contributed by atoms with E-state index in [1.807, 2.05) is 6.07 Å². The maximum absolute atomic E-state index is 5.98. The van der Waals surface area contributed by atoms with Gasteiger partial charge >= 0.3 is 0 Å². The van der Waals surface area contributed by atoms with Gasteiger partial charge in [-0.15, -0.1) is 0 Å². The Labute approximate surface area is 118 Å². The fourth-order valence-electron chi connectivity index (χ4n) is 3.23. The van der Waals surface area contributed by atoms with Gasteiger partial charge in [0, 0.05) is 25.2 Å². The first-order valence-electron chi connectivity index (χ1n) is 7.20. The van der Waals surface area contributed by atoms with Gasteiger partial charge in [0.1, 0.15) is 0 Å². The predicted molar refractivity (Wildman–Crippen MR) is 74.1 cm³/mol. The Morgan fingerprint density at radius 3 is 2.95 bits per heavy atom. The van der Waals surface area contributed by atoms with Crippen molar-refractivity contribution in [1.82, 2.24) is 15.8 Å². The molecule has 2 fully saturated rings. The van der Waals surface area contributed by atoms with E-state index in [2.05, 4.69) is 27.9 Å². The third kappa shape index (κ3) is 2.14. The Kier molecular flexibility index (Phi) is 3.03. The van der Waals surface area contributed by atoms with Crippen LogP contribution in [0.25, 0.3) is 0 Å². The maximum Gasteiger partial charge on any atom is 0.231 e. The number of hydrogen-bond donors (Lipinski definition) is 3. The molecule has 3 atom stereocenters. The lowest BCUT2D eigenvalue weighted by atomic mass is 10.0. The van der Waals surface area contributed by atoms with E-state index >= 15 is 0 Å². The molecule has 6 nitrogen and oxygen atoms in total. The summed E-state index contributed by atoms with van der Waals surface area (Å²) in [7, 11) is 0. The first-order chi connectivity index (χ1) is 9.79. The predicted octanol–water partition coefficient (Wildman–Crippen LogP) is 0.313. The zero-order chi connectivity index (χ0) is 13.5. The van der Waals surface area contributed by atoms with Crippen LogP contribution in [0, 0.1) is 0 Å². The van der Waals surface area contributed by atoms with Crippen LogP contribution in [0.4, 0.5) is 0 Å². The molecule has 0 radical (unpaired) electrons. The maximum atomic E-state index is 5.98. The van der Waals surface area contributed by atoms with Gasteiger partial charge in [-0.1, -0.05) is 6.07 Å². The van der Waals surface area contributed by atoms with Crippen molar-refractivity contribution < 1.29 is 9.47 Å². The Morgan fingerprint density at radius 2 is 2.10 bits per heavy atom. The fourth-order valence-corrected chi connectivity index (χ4v) is 3.23. The van der Waals surface area contributed by atoms with Crippen LogP contribution in [-0.2, 0) is 0 Å². The Bertz CT molecular complexity index is 510. The molecule has 6 heteroatoms. The highest BCUT2D eigenvalue weighted by atomic mass is 16.7. The van der Waals surface area contributed by atoms with Crippen molar-refractivity contribution in [3.63, 3.8) is 0 Å². The molecule has 0 spiro atoms. The van der Waals surface area contributed by atoms with Gasteiger partial charge in [0.2, 0.25) is 6.79 Å². The number of nitrogens with two attached hydrogens (primary N) is 1. The molecular formula is C14H20N4O2. The summed E-state index contributed by atoms with van der Waals surface area (Å²) in [6.07, 6.45) is 2.48. The summed E-state index contributed by atoms with van der Waals surface area (Å²) in [5.41, 5.74) is 14.0. The fraction of sp³-hybridized carbons (Fsp3) is 0.571. The number of hydrogen-bond acceptors (Lipinski definition) is 6. The molecule has 20 heavy (non-hydrogen) atoms. The third-order valence-corrected chi connectivity index (χ3v) is 4.38. The minimum atomic E-state index is 0.298. The number of hydrazine groups is 1. The largest absolute Gasteiger partial charge is 0.454 e. The van der Waals surface area contributed by atoms with Crippen LogP contribution in [0.15, 0.2) is 18.2 Å². The van der Waals surface area contributed by atoms with Gasteiger partial charge in [-0.3, -0.25) is 4.90 Å². The molecule has 0 amide bonds. The molecule has 4 rings (SSSR count). The van der Waals surface area contributed by atoms with Crippen LogP contribution in [0.5, 0.6) is 11.5 Å². The van der Waals surface area contributed by atoms with E-state index in [0.717, 1.165) is 37.4 Å². The van der Waals surface area contributed by atoms with Crippen LogP contribution >= 0.6 is 0 Å². The number of likely N-dealkylation sites (tertiary alicyclic amines) is 1. The lowest BCUT2D eigenvalue weighted by Crippen LogP contribution is -2.44. The van der Waals surface area contributed by atoms with E-state index in [0.29, 0.717) is 25.0 Å². The molecule has 0 saturated carbocycles. The first-order valence-corrected chi connectivity index (χ1v) is 7.20. The first kappa shape index (κ1) is 12.4. The van der Waals surface area contributed by atoms with Gasteiger partial charge in [-0.2, -0.15) is 0 Å². The van der Waals surface area contributed by atoms with Crippen molar-refractivity contribution in [3.8, 4) is 11.5 Å². The number of fused-ring (bicyclic) bond motifs is 1. The zero-order valence-electron chi connectivity index (χ0n) is 11.3. The average molecular weight is 276 g/mol. The van der Waals surface area contributed by atoms with Crippen molar-refractivity contribution in [1.29, 1.82) is 0 Å². The molecule has 0 bridgehead atoms. The van der Waals surface area contributed by atoms with Gasteiger partial charge in [0.05, 0.1) is 6.17 Å². The van der Waals surface area contributed by atoms with E-state index in [4.69, 9.17) is 15.2 Å². The topological polar surface area (TPSA) is 71.8 Å². The van der Waals surface area contributed by atoms with E-state index in [-0.39, 0.29) is 0 Å². The van der Waals surface area contributed by atoms with Crippen LogP contribution in [0.3, 0.4) is 0 Å². The minimum Gasteiger partial charge on any atom is -0.454 e. The summed E-state index contributed by atoms with van der Waals surface area (Å²) in [5.74, 6) is 1.68. The normalized spacial score (nSPS) is 33.0. The van der Waals surface area contributed by atoms with Crippen molar-refractivity contribution in [2.24, 2.45) is 5.73 Å². The summed E-state index contributed by atoms with van der Waals surface area (Å²) in [6.45, 7) is 2.38. The van der Waals surface area contributed by atoms with Gasteiger partial charge in [-0.25, -0.2) is 10.9 Å². The SMILES string of the molecule is NC1CCN(C2CC(c3ccc4c(c3)OCO4)NN2)C1. The van der Waals surface area contributed by atoms with E-state index < -0.39 is 0 Å². The summed E-state index contributed by atoms with van der Waals surface area (Å²) in [5, 5.41) is 0. The quantitative estimate of drug-likeness (QED) is 0.722. The summed E-state index contributed by atoms with van der Waals surface area (Å²) < 4.78 is 10.8. The van der Waals surface area contributed by atoms with Gasteiger partial charge in [0.25, 0.3) is 0 Å². The zero-order valence-corrected chi connectivity index (χ0v) is 11.3. The molecule has 3 aliphatic rings. The van der Waals surface area contributed by atoms with Crippen molar-refractivity contribution >= 4 is 0 Å². The molecule has 0 aromatic heterocycles. The lowest BCUT2D eigenvalue weighted by molar-refractivity contribution is 0.174.